The number of aromatic amines is 1. The van der Waals surface area contributed by atoms with Gasteiger partial charge in [-0.05, 0) is 34.8 Å². The monoisotopic (exact) mass is 323 g/mol. The predicted octanol–water partition coefficient (Wildman–Crippen LogP) is 1.68. The van der Waals surface area contributed by atoms with Crippen molar-refractivity contribution < 1.29 is 4.79 Å². The SMILES string of the molecule is O=C(NCCc1ncn[nH]1)c1cc(Br)cn1C1CC1. The Morgan fingerprint density at radius 2 is 2.42 bits per heavy atom. The van der Waals surface area contributed by atoms with Gasteiger partial charge in [-0.2, -0.15) is 5.10 Å². The molecule has 0 aliphatic heterocycles. The molecule has 100 valence electrons. The average molecular weight is 324 g/mol. The molecule has 0 atom stereocenters. The second-order valence-corrected chi connectivity index (χ2v) is 5.54. The summed E-state index contributed by atoms with van der Waals surface area (Å²) in [4.78, 5) is 16.2. The van der Waals surface area contributed by atoms with Gasteiger partial charge in [-0.1, -0.05) is 0 Å². The van der Waals surface area contributed by atoms with Gasteiger partial charge in [0.25, 0.3) is 5.91 Å². The number of halogens is 1. The molecule has 0 radical (unpaired) electrons. The van der Waals surface area contributed by atoms with Gasteiger partial charge in [-0.3, -0.25) is 9.89 Å². The van der Waals surface area contributed by atoms with Gasteiger partial charge in [0.1, 0.15) is 17.8 Å². The molecule has 1 aliphatic carbocycles. The first-order valence-electron chi connectivity index (χ1n) is 6.24. The van der Waals surface area contributed by atoms with Crippen LogP contribution in [0.3, 0.4) is 0 Å². The Bertz CT molecular complexity index is 573. The third-order valence-electron chi connectivity index (χ3n) is 3.10. The van der Waals surface area contributed by atoms with Gasteiger partial charge in [0, 0.05) is 29.7 Å². The minimum atomic E-state index is -0.0443. The van der Waals surface area contributed by atoms with E-state index < -0.39 is 0 Å². The fourth-order valence-corrected chi connectivity index (χ4v) is 2.46. The second kappa shape index (κ2) is 5.16. The van der Waals surface area contributed by atoms with Crippen LogP contribution in [0.4, 0.5) is 0 Å². The molecule has 1 saturated carbocycles. The Kier molecular flexibility index (Phi) is 3.37. The van der Waals surface area contributed by atoms with E-state index in [0.717, 1.165) is 23.1 Å². The highest BCUT2D eigenvalue weighted by molar-refractivity contribution is 9.10. The van der Waals surface area contributed by atoms with Crippen LogP contribution in [0.5, 0.6) is 0 Å². The molecule has 0 saturated heterocycles. The number of nitrogens with one attached hydrogen (secondary N) is 2. The Labute approximate surface area is 118 Å². The number of hydrogen-bond acceptors (Lipinski definition) is 3. The number of rotatable bonds is 5. The lowest BCUT2D eigenvalue weighted by Crippen LogP contribution is -2.27. The first kappa shape index (κ1) is 12.4. The van der Waals surface area contributed by atoms with E-state index in [1.807, 2.05) is 16.8 Å². The van der Waals surface area contributed by atoms with Crippen molar-refractivity contribution in [2.24, 2.45) is 0 Å². The highest BCUT2D eigenvalue weighted by Crippen LogP contribution is 2.37. The molecule has 2 aromatic rings. The third-order valence-corrected chi connectivity index (χ3v) is 3.53. The highest BCUT2D eigenvalue weighted by Gasteiger charge is 2.27. The number of carbonyl (C=O) groups excluding carboxylic acids is 1. The van der Waals surface area contributed by atoms with Gasteiger partial charge in [-0.15, -0.1) is 0 Å². The standard InChI is InChI=1S/C12H14BrN5O/c13-8-5-10(18(6-8)9-1-2-9)12(19)14-4-3-11-15-7-16-17-11/h5-7,9H,1-4H2,(H,14,19)(H,15,16,17). The van der Waals surface area contributed by atoms with E-state index in [4.69, 9.17) is 0 Å². The highest BCUT2D eigenvalue weighted by atomic mass is 79.9. The Balaban J connectivity index is 1.60. The minimum absolute atomic E-state index is 0.0443. The van der Waals surface area contributed by atoms with Gasteiger partial charge in [-0.25, -0.2) is 4.98 Å². The average Bonchev–Trinajstić information content (AvgIpc) is 2.96. The van der Waals surface area contributed by atoms with Crippen LogP contribution in [0.25, 0.3) is 0 Å². The summed E-state index contributed by atoms with van der Waals surface area (Å²) < 4.78 is 2.99. The molecule has 19 heavy (non-hydrogen) atoms. The molecule has 2 heterocycles. The fourth-order valence-electron chi connectivity index (χ4n) is 2.02. The molecule has 1 fully saturated rings. The third kappa shape index (κ3) is 2.86. The van der Waals surface area contributed by atoms with E-state index in [1.165, 1.54) is 6.33 Å². The summed E-state index contributed by atoms with van der Waals surface area (Å²) in [5.41, 5.74) is 0.715. The van der Waals surface area contributed by atoms with Gasteiger partial charge in [0.2, 0.25) is 0 Å². The van der Waals surface area contributed by atoms with E-state index in [1.54, 1.807) is 0 Å². The summed E-state index contributed by atoms with van der Waals surface area (Å²) in [7, 11) is 0. The Morgan fingerprint density at radius 1 is 1.58 bits per heavy atom. The summed E-state index contributed by atoms with van der Waals surface area (Å²) in [6.07, 6.45) is 6.39. The number of nitrogens with zero attached hydrogens (tertiary/aromatic N) is 3. The lowest BCUT2D eigenvalue weighted by molar-refractivity contribution is 0.0944. The van der Waals surface area contributed by atoms with Crippen molar-refractivity contribution in [3.63, 3.8) is 0 Å². The van der Waals surface area contributed by atoms with Crippen molar-refractivity contribution in [2.45, 2.75) is 25.3 Å². The summed E-state index contributed by atoms with van der Waals surface area (Å²) in [6, 6.07) is 2.35. The quantitative estimate of drug-likeness (QED) is 0.878. The summed E-state index contributed by atoms with van der Waals surface area (Å²) in [6.45, 7) is 0.543. The van der Waals surface area contributed by atoms with E-state index in [-0.39, 0.29) is 5.91 Å². The summed E-state index contributed by atoms with van der Waals surface area (Å²) >= 11 is 3.42. The molecule has 2 N–H and O–H groups in total. The van der Waals surface area contributed by atoms with Gasteiger partial charge < -0.3 is 9.88 Å². The van der Waals surface area contributed by atoms with Crippen LogP contribution in [0.1, 0.15) is 35.2 Å². The fraction of sp³-hybridized carbons (Fsp3) is 0.417. The second-order valence-electron chi connectivity index (χ2n) is 4.62. The lowest BCUT2D eigenvalue weighted by atomic mass is 10.3. The number of amides is 1. The first-order valence-corrected chi connectivity index (χ1v) is 7.03. The van der Waals surface area contributed by atoms with Crippen LogP contribution < -0.4 is 5.32 Å². The van der Waals surface area contributed by atoms with E-state index in [2.05, 4.69) is 36.4 Å². The molecule has 1 amide bonds. The van der Waals surface area contributed by atoms with Crippen molar-refractivity contribution >= 4 is 21.8 Å². The van der Waals surface area contributed by atoms with Crippen molar-refractivity contribution in [3.05, 3.63) is 34.6 Å². The maximum absolute atomic E-state index is 12.1. The zero-order valence-corrected chi connectivity index (χ0v) is 11.9. The van der Waals surface area contributed by atoms with Gasteiger partial charge in [0.05, 0.1) is 0 Å². The summed E-state index contributed by atoms with van der Waals surface area (Å²) in [5.74, 6) is 0.733. The number of aromatic nitrogens is 4. The van der Waals surface area contributed by atoms with Crippen molar-refractivity contribution in [2.75, 3.05) is 6.54 Å². The molecule has 2 aromatic heterocycles. The van der Waals surface area contributed by atoms with Crippen molar-refractivity contribution in [1.29, 1.82) is 0 Å². The van der Waals surface area contributed by atoms with Gasteiger partial charge in [0.15, 0.2) is 0 Å². The van der Waals surface area contributed by atoms with Gasteiger partial charge >= 0.3 is 0 Å². The van der Waals surface area contributed by atoms with E-state index in [0.29, 0.717) is 24.7 Å². The van der Waals surface area contributed by atoms with E-state index in [9.17, 15) is 4.79 Å². The van der Waals surface area contributed by atoms with Crippen LogP contribution in [-0.2, 0) is 6.42 Å². The zero-order valence-electron chi connectivity index (χ0n) is 10.3. The molecule has 0 bridgehead atoms. The van der Waals surface area contributed by atoms with Crippen molar-refractivity contribution in [1.82, 2.24) is 25.1 Å². The normalized spacial score (nSPS) is 14.6. The number of carbonyl (C=O) groups is 1. The van der Waals surface area contributed by atoms with Crippen LogP contribution >= 0.6 is 15.9 Å². The summed E-state index contributed by atoms with van der Waals surface area (Å²) in [5, 5.41) is 9.44. The maximum Gasteiger partial charge on any atom is 0.267 e. The topological polar surface area (TPSA) is 75.6 Å². The molecule has 6 nitrogen and oxygen atoms in total. The molecule has 1 aliphatic rings. The molecule has 0 spiro atoms. The predicted molar refractivity (Wildman–Crippen MR) is 72.8 cm³/mol. The van der Waals surface area contributed by atoms with Crippen LogP contribution in [0, 0.1) is 0 Å². The molecule has 0 unspecified atom stereocenters. The smallest absolute Gasteiger partial charge is 0.267 e. The maximum atomic E-state index is 12.1. The molecule has 7 heteroatoms. The van der Waals surface area contributed by atoms with Crippen LogP contribution in [-0.4, -0.2) is 32.2 Å². The molecular formula is C12H14BrN5O. The zero-order chi connectivity index (χ0) is 13.2. The minimum Gasteiger partial charge on any atom is -0.350 e. The molecule has 0 aromatic carbocycles. The Morgan fingerprint density at radius 3 is 3.11 bits per heavy atom. The Hall–Kier alpha value is -1.63. The lowest BCUT2D eigenvalue weighted by Gasteiger charge is -2.07. The van der Waals surface area contributed by atoms with Crippen LogP contribution in [0.15, 0.2) is 23.1 Å². The largest absolute Gasteiger partial charge is 0.350 e. The molecule has 3 rings (SSSR count). The number of H-pyrrole nitrogens is 1. The number of hydrogen-bond donors (Lipinski definition) is 2. The van der Waals surface area contributed by atoms with E-state index >= 15 is 0 Å². The molecular weight excluding hydrogens is 310 g/mol. The van der Waals surface area contributed by atoms with Crippen molar-refractivity contribution in [3.8, 4) is 0 Å². The van der Waals surface area contributed by atoms with Crippen LogP contribution in [0.2, 0.25) is 0 Å². The first-order chi connectivity index (χ1) is 9.24.